The number of carbonyl (C=O) groups is 2. The van der Waals surface area contributed by atoms with Crippen LogP contribution < -0.4 is 18.9 Å². The third-order valence-electron chi connectivity index (χ3n) is 1.23. The summed E-state index contributed by atoms with van der Waals surface area (Å²) in [6, 6.07) is 2.24. The molecule has 0 unspecified atom stereocenters. The van der Waals surface area contributed by atoms with Crippen LogP contribution >= 0.6 is 0 Å². The van der Waals surface area contributed by atoms with Gasteiger partial charge in [0.2, 0.25) is 0 Å². The monoisotopic (exact) mass is 306 g/mol. The molecule has 0 amide bonds. The average Bonchev–Trinajstić information content (AvgIpc) is 2.21. The molecule has 0 saturated carbocycles. The van der Waals surface area contributed by atoms with Gasteiger partial charge < -0.3 is 15.0 Å². The smallest absolute Gasteiger partial charge is 0.545 e. The Hall–Kier alpha value is -1.02. The van der Waals surface area contributed by atoms with Crippen LogP contribution in [0.4, 0.5) is 0 Å². The van der Waals surface area contributed by atoms with Crippen molar-refractivity contribution in [3.63, 3.8) is 0 Å². The van der Waals surface area contributed by atoms with E-state index in [0.29, 0.717) is 0 Å². The van der Waals surface area contributed by atoms with Crippen molar-refractivity contribution in [3.05, 3.63) is 29.6 Å². The molecule has 6 nitrogen and oxygen atoms in total. The van der Waals surface area contributed by atoms with E-state index in [1.165, 1.54) is 6.07 Å². The first kappa shape index (κ1) is 20.4. The number of nitrogens with zero attached hydrogens (tertiary/aromatic N) is 1. The molecule has 0 aliphatic carbocycles. The molecule has 83 valence electrons. The number of aromatic nitrogens is 1. The maximum atomic E-state index is 10.4. The van der Waals surface area contributed by atoms with E-state index in [4.69, 9.17) is 15.0 Å². The largest absolute Gasteiger partial charge is 1.00 e. The summed E-state index contributed by atoms with van der Waals surface area (Å²) in [5.74, 6) is -2.40. The average molecular weight is 306 g/mol. The maximum Gasteiger partial charge on any atom is 1.00 e. The standard InChI is InChI=1S/C7H5NO4.CHO.Li.Rh/c9-6(10)4-1-2-8-5(3-4)7(11)12;1-2;;/h1-3H,(H,9,10)(H,11,12);1H;;/q;-1;+1;. The van der Waals surface area contributed by atoms with E-state index >= 15 is 0 Å². The Morgan fingerprint density at radius 1 is 1.19 bits per heavy atom. The van der Waals surface area contributed by atoms with Crippen LogP contribution in [0.1, 0.15) is 20.8 Å². The second kappa shape index (κ2) is 10.5. The topological polar surface area (TPSA) is 105 Å². The van der Waals surface area contributed by atoms with Crippen molar-refractivity contribution in [3.8, 4) is 0 Å². The first-order chi connectivity index (χ1) is 6.61. The zero-order valence-electron chi connectivity index (χ0n) is 8.21. The Balaban J connectivity index is -0.000000399. The number of carbonyl (C=O) groups excluding carboxylic acids is 1. The number of aromatic carboxylic acids is 2. The van der Waals surface area contributed by atoms with Gasteiger partial charge in [0.1, 0.15) is 5.69 Å². The van der Waals surface area contributed by atoms with E-state index in [1.54, 1.807) is 0 Å². The van der Waals surface area contributed by atoms with Gasteiger partial charge in [-0.3, -0.25) is 6.79 Å². The summed E-state index contributed by atoms with van der Waals surface area (Å²) >= 11 is 0. The summed E-state index contributed by atoms with van der Waals surface area (Å²) in [7, 11) is 0. The number of carboxylic acids is 2. The molecule has 1 aromatic rings. The second-order valence-electron chi connectivity index (χ2n) is 2.04. The van der Waals surface area contributed by atoms with Crippen LogP contribution in [-0.2, 0) is 24.3 Å². The van der Waals surface area contributed by atoms with Gasteiger partial charge in [-0.2, -0.15) is 0 Å². The molecule has 1 rings (SSSR count). The molecule has 0 bridgehead atoms. The predicted octanol–water partition coefficient (Wildman–Crippen LogP) is -2.79. The van der Waals surface area contributed by atoms with Gasteiger partial charge in [0.15, 0.2) is 0 Å². The molecule has 0 aliphatic rings. The van der Waals surface area contributed by atoms with E-state index in [-0.39, 0.29) is 49.6 Å². The number of hydrogen-bond donors (Lipinski definition) is 2. The second-order valence-corrected chi connectivity index (χ2v) is 2.04. The van der Waals surface area contributed by atoms with Crippen LogP contribution in [0.5, 0.6) is 0 Å². The molecule has 0 fully saturated rings. The van der Waals surface area contributed by atoms with Crippen LogP contribution in [0.3, 0.4) is 0 Å². The van der Waals surface area contributed by atoms with Crippen molar-refractivity contribution in [1.29, 1.82) is 0 Å². The van der Waals surface area contributed by atoms with E-state index < -0.39 is 11.9 Å². The minimum Gasteiger partial charge on any atom is -0.545 e. The number of pyridine rings is 1. The molecular weight excluding hydrogens is 300 g/mol. The molecule has 0 aromatic carbocycles. The predicted molar refractivity (Wildman–Crippen MR) is 44.9 cm³/mol. The van der Waals surface area contributed by atoms with Crippen molar-refractivity contribution in [2.45, 2.75) is 0 Å². The summed E-state index contributed by atoms with van der Waals surface area (Å²) in [6.45, 7) is 3.25. The van der Waals surface area contributed by atoms with Gasteiger partial charge in [-0.25, -0.2) is 14.6 Å². The Morgan fingerprint density at radius 3 is 2.06 bits per heavy atom. The summed E-state index contributed by atoms with van der Waals surface area (Å²) in [5.41, 5.74) is -0.350. The van der Waals surface area contributed by atoms with E-state index in [9.17, 15) is 9.59 Å². The molecule has 16 heavy (non-hydrogen) atoms. The Labute approximate surface area is 116 Å². The maximum absolute atomic E-state index is 10.4. The van der Waals surface area contributed by atoms with Crippen LogP contribution in [0.25, 0.3) is 0 Å². The SMILES string of the molecule is O=C(O)c1ccnc(C(=O)O)c1.[CH-]=O.[Li+].[Rh]. The zero-order chi connectivity index (χ0) is 11.1. The fourth-order valence-corrected chi connectivity index (χ4v) is 0.681. The van der Waals surface area contributed by atoms with Crippen molar-refractivity contribution in [2.24, 2.45) is 0 Å². The minimum absolute atomic E-state index is 0. The van der Waals surface area contributed by atoms with E-state index in [2.05, 4.69) is 11.8 Å². The van der Waals surface area contributed by atoms with Gasteiger partial charge in [0.05, 0.1) is 5.56 Å². The van der Waals surface area contributed by atoms with Crippen molar-refractivity contribution in [1.82, 2.24) is 4.98 Å². The Kier molecular flexibility index (Phi) is 13.4. The number of rotatable bonds is 2. The molecule has 0 aliphatic heterocycles. The van der Waals surface area contributed by atoms with Gasteiger partial charge >= 0.3 is 30.8 Å². The third-order valence-corrected chi connectivity index (χ3v) is 1.23. The van der Waals surface area contributed by atoms with Gasteiger partial charge in [0, 0.05) is 25.7 Å². The van der Waals surface area contributed by atoms with E-state index in [0.717, 1.165) is 12.3 Å². The van der Waals surface area contributed by atoms with Gasteiger partial charge in [-0.1, -0.05) is 0 Å². The summed E-state index contributed by atoms with van der Waals surface area (Å²) < 4.78 is 0. The molecule has 1 radical (unpaired) electrons. The first-order valence-corrected chi connectivity index (χ1v) is 3.27. The molecule has 0 spiro atoms. The molecule has 0 atom stereocenters. The van der Waals surface area contributed by atoms with Crippen molar-refractivity contribution in [2.75, 3.05) is 0 Å². The zero-order valence-corrected chi connectivity index (χ0v) is 9.85. The van der Waals surface area contributed by atoms with Gasteiger partial charge in [-0.15, -0.1) is 0 Å². The first-order valence-electron chi connectivity index (χ1n) is 3.27. The molecule has 1 heterocycles. The fourth-order valence-electron chi connectivity index (χ4n) is 0.681. The third kappa shape index (κ3) is 6.46. The van der Waals surface area contributed by atoms with Gasteiger partial charge in [-0.05, 0) is 12.1 Å². The normalized spacial score (nSPS) is 7.25. The Bertz CT molecular complexity index is 331. The van der Waals surface area contributed by atoms with Crippen LogP contribution in [-0.4, -0.2) is 33.9 Å². The van der Waals surface area contributed by atoms with Crippen LogP contribution in [0.2, 0.25) is 0 Å². The van der Waals surface area contributed by atoms with E-state index in [1.807, 2.05) is 0 Å². The van der Waals surface area contributed by atoms with Crippen LogP contribution in [0, 0.1) is 0 Å². The number of carboxylic acid groups (broad SMARTS) is 2. The Morgan fingerprint density at radius 2 is 1.69 bits per heavy atom. The van der Waals surface area contributed by atoms with Crippen molar-refractivity contribution >= 4 is 18.7 Å². The molecule has 8 heteroatoms. The van der Waals surface area contributed by atoms with Gasteiger partial charge in [0.25, 0.3) is 0 Å². The fraction of sp³-hybridized carbons (Fsp3) is 0. The summed E-state index contributed by atoms with van der Waals surface area (Å²) in [4.78, 5) is 31.9. The molecular formula is C8H6LiNO5Rh. The number of hydrogen-bond acceptors (Lipinski definition) is 4. The molecule has 1 aromatic heterocycles. The summed E-state index contributed by atoms with van der Waals surface area (Å²) in [5, 5.41) is 16.9. The minimum atomic E-state index is -1.24. The molecule has 2 N–H and O–H groups in total. The molecule has 0 saturated heterocycles. The van der Waals surface area contributed by atoms with Crippen LogP contribution in [0.15, 0.2) is 18.3 Å². The van der Waals surface area contributed by atoms with Crippen molar-refractivity contribution < 1.29 is 62.9 Å². The quantitative estimate of drug-likeness (QED) is 0.348. The summed E-state index contributed by atoms with van der Waals surface area (Å²) in [6.07, 6.45) is 1.15.